The number of benzene rings is 2. The van der Waals surface area contributed by atoms with Crippen molar-refractivity contribution in [1.82, 2.24) is 9.55 Å². The van der Waals surface area contributed by atoms with Crippen molar-refractivity contribution in [2.24, 2.45) is 5.92 Å². The number of aromatic nitrogens is 2. The minimum atomic E-state index is -0.197. The molecule has 3 aromatic rings. The Morgan fingerprint density at radius 2 is 1.94 bits per heavy atom. The number of rotatable bonds is 9. The van der Waals surface area contributed by atoms with Gasteiger partial charge in [-0.15, -0.1) is 0 Å². The van der Waals surface area contributed by atoms with Gasteiger partial charge in [0.15, 0.2) is 11.5 Å². The molecule has 0 unspecified atom stereocenters. The molecule has 0 aliphatic rings. The second-order valence-corrected chi connectivity index (χ2v) is 7.74. The molecule has 0 saturated heterocycles. The minimum absolute atomic E-state index is 0.197. The summed E-state index contributed by atoms with van der Waals surface area (Å²) < 4.78 is 13.2. The molecular weight excluding hydrogens is 390 g/mol. The Labute approximate surface area is 183 Å². The fourth-order valence-corrected chi connectivity index (χ4v) is 2.98. The summed E-state index contributed by atoms with van der Waals surface area (Å²) in [5, 5.41) is 2.88. The highest BCUT2D eigenvalue weighted by Crippen LogP contribution is 2.29. The zero-order valence-corrected chi connectivity index (χ0v) is 18.5. The second kappa shape index (κ2) is 10.5. The first-order chi connectivity index (χ1) is 14.9. The Bertz CT molecular complexity index is 1040. The van der Waals surface area contributed by atoms with Crippen LogP contribution in [-0.2, 0) is 11.3 Å². The lowest BCUT2D eigenvalue weighted by Gasteiger charge is -2.12. The SMILES string of the molecule is COc1cc(/C=C/C(=O)Nc2ccc(Cn3ccnc3C)cc2)ccc1OCC(C)C. The molecular formula is C25H29N3O3. The minimum Gasteiger partial charge on any atom is -0.493 e. The Kier molecular flexibility index (Phi) is 7.49. The molecule has 3 rings (SSSR count). The smallest absolute Gasteiger partial charge is 0.248 e. The van der Waals surface area contributed by atoms with Gasteiger partial charge in [-0.2, -0.15) is 0 Å². The van der Waals surface area contributed by atoms with E-state index in [0.29, 0.717) is 24.0 Å². The molecule has 1 N–H and O–H groups in total. The first-order valence-corrected chi connectivity index (χ1v) is 10.3. The average Bonchev–Trinajstić information content (AvgIpc) is 3.16. The maximum atomic E-state index is 12.3. The van der Waals surface area contributed by atoms with E-state index in [0.717, 1.165) is 29.2 Å². The van der Waals surface area contributed by atoms with E-state index in [9.17, 15) is 4.79 Å². The maximum absolute atomic E-state index is 12.3. The van der Waals surface area contributed by atoms with Gasteiger partial charge in [-0.1, -0.05) is 32.0 Å². The van der Waals surface area contributed by atoms with Crippen LogP contribution in [0.25, 0.3) is 6.08 Å². The monoisotopic (exact) mass is 419 g/mol. The number of hydrogen-bond donors (Lipinski definition) is 1. The fraction of sp³-hybridized carbons (Fsp3) is 0.280. The van der Waals surface area contributed by atoms with Gasteiger partial charge in [-0.05, 0) is 54.3 Å². The number of carbonyl (C=O) groups is 1. The van der Waals surface area contributed by atoms with E-state index >= 15 is 0 Å². The van der Waals surface area contributed by atoms with Crippen LogP contribution in [0.4, 0.5) is 5.69 Å². The van der Waals surface area contributed by atoms with Crippen LogP contribution >= 0.6 is 0 Å². The van der Waals surface area contributed by atoms with Crippen molar-refractivity contribution < 1.29 is 14.3 Å². The molecule has 1 aromatic heterocycles. The molecule has 0 saturated carbocycles. The molecule has 0 aliphatic carbocycles. The number of carbonyl (C=O) groups excluding carboxylic acids is 1. The number of nitrogens with one attached hydrogen (secondary N) is 1. The van der Waals surface area contributed by atoms with Gasteiger partial charge in [0.25, 0.3) is 0 Å². The summed E-state index contributed by atoms with van der Waals surface area (Å²) >= 11 is 0. The van der Waals surface area contributed by atoms with Crippen molar-refractivity contribution >= 4 is 17.7 Å². The number of imidazole rings is 1. The van der Waals surface area contributed by atoms with E-state index in [-0.39, 0.29) is 5.91 Å². The van der Waals surface area contributed by atoms with E-state index in [2.05, 4.69) is 28.7 Å². The first kappa shape index (κ1) is 22.2. The van der Waals surface area contributed by atoms with Crippen LogP contribution in [0.15, 0.2) is 60.9 Å². The Morgan fingerprint density at radius 1 is 1.16 bits per heavy atom. The van der Waals surface area contributed by atoms with Crippen molar-refractivity contribution in [1.29, 1.82) is 0 Å². The van der Waals surface area contributed by atoms with Crippen LogP contribution < -0.4 is 14.8 Å². The van der Waals surface area contributed by atoms with E-state index < -0.39 is 0 Å². The third-order valence-corrected chi connectivity index (χ3v) is 4.69. The molecule has 0 radical (unpaired) electrons. The van der Waals surface area contributed by atoms with E-state index in [1.54, 1.807) is 19.4 Å². The van der Waals surface area contributed by atoms with Gasteiger partial charge in [0, 0.05) is 30.7 Å². The molecule has 0 aliphatic heterocycles. The van der Waals surface area contributed by atoms with Crippen LogP contribution in [-0.4, -0.2) is 29.2 Å². The van der Waals surface area contributed by atoms with Gasteiger partial charge >= 0.3 is 0 Å². The predicted molar refractivity (Wildman–Crippen MR) is 123 cm³/mol. The summed E-state index contributed by atoms with van der Waals surface area (Å²) in [6.45, 7) is 7.53. The quantitative estimate of drug-likeness (QED) is 0.499. The van der Waals surface area contributed by atoms with Crippen molar-refractivity contribution in [3.8, 4) is 11.5 Å². The van der Waals surface area contributed by atoms with Crippen LogP contribution in [0.5, 0.6) is 11.5 Å². The number of hydrogen-bond acceptors (Lipinski definition) is 4. The number of anilines is 1. The summed E-state index contributed by atoms with van der Waals surface area (Å²) in [6, 6.07) is 13.4. The van der Waals surface area contributed by atoms with Crippen LogP contribution in [0.1, 0.15) is 30.8 Å². The van der Waals surface area contributed by atoms with Crippen molar-refractivity contribution in [3.63, 3.8) is 0 Å². The zero-order valence-electron chi connectivity index (χ0n) is 18.5. The molecule has 0 bridgehead atoms. The molecule has 0 fully saturated rings. The molecule has 31 heavy (non-hydrogen) atoms. The molecule has 6 heteroatoms. The highest BCUT2D eigenvalue weighted by atomic mass is 16.5. The number of nitrogens with zero attached hydrogens (tertiary/aromatic N) is 2. The molecule has 1 amide bonds. The first-order valence-electron chi connectivity index (χ1n) is 10.3. The van der Waals surface area contributed by atoms with Gasteiger partial charge in [0.1, 0.15) is 5.82 Å². The van der Waals surface area contributed by atoms with Crippen LogP contribution in [0.2, 0.25) is 0 Å². The lowest BCUT2D eigenvalue weighted by atomic mass is 10.1. The Balaban J connectivity index is 1.58. The highest BCUT2D eigenvalue weighted by Gasteiger charge is 2.06. The standard InChI is InChI=1S/C25H29N3O3/c1-18(2)17-31-23-11-7-20(15-24(23)30-4)8-12-25(29)27-22-9-5-21(6-10-22)16-28-14-13-26-19(28)3/h5-15,18H,16-17H2,1-4H3,(H,27,29)/b12-8+. The summed E-state index contributed by atoms with van der Waals surface area (Å²) in [7, 11) is 1.61. The van der Waals surface area contributed by atoms with Gasteiger partial charge in [0.05, 0.1) is 13.7 Å². The van der Waals surface area contributed by atoms with Crippen molar-refractivity contribution in [3.05, 3.63) is 77.9 Å². The lowest BCUT2D eigenvalue weighted by Crippen LogP contribution is -2.08. The van der Waals surface area contributed by atoms with Gasteiger partial charge in [-0.3, -0.25) is 4.79 Å². The van der Waals surface area contributed by atoms with Gasteiger partial charge in [0.2, 0.25) is 5.91 Å². The van der Waals surface area contributed by atoms with Crippen molar-refractivity contribution in [2.75, 3.05) is 19.0 Å². The molecule has 0 spiro atoms. The third kappa shape index (κ3) is 6.47. The molecule has 1 heterocycles. The molecule has 6 nitrogen and oxygen atoms in total. The van der Waals surface area contributed by atoms with Crippen LogP contribution in [0, 0.1) is 12.8 Å². The normalized spacial score (nSPS) is 11.1. The van der Waals surface area contributed by atoms with E-state index in [4.69, 9.17) is 9.47 Å². The second-order valence-electron chi connectivity index (χ2n) is 7.74. The largest absolute Gasteiger partial charge is 0.493 e. The number of amides is 1. The number of ether oxygens (including phenoxy) is 2. The van der Waals surface area contributed by atoms with Gasteiger partial charge < -0.3 is 19.4 Å². The van der Waals surface area contributed by atoms with E-state index in [1.165, 1.54) is 6.08 Å². The number of aryl methyl sites for hydroxylation is 1. The van der Waals surface area contributed by atoms with E-state index in [1.807, 2.05) is 55.6 Å². The van der Waals surface area contributed by atoms with Crippen LogP contribution in [0.3, 0.4) is 0 Å². The summed E-state index contributed by atoms with van der Waals surface area (Å²) in [5.74, 6) is 2.55. The topological polar surface area (TPSA) is 65.4 Å². The van der Waals surface area contributed by atoms with Crippen molar-refractivity contribution in [2.45, 2.75) is 27.3 Å². The molecule has 0 atom stereocenters. The Hall–Kier alpha value is -3.54. The lowest BCUT2D eigenvalue weighted by molar-refractivity contribution is -0.111. The molecule has 2 aromatic carbocycles. The molecule has 162 valence electrons. The van der Waals surface area contributed by atoms with Gasteiger partial charge in [-0.25, -0.2) is 4.98 Å². The third-order valence-electron chi connectivity index (χ3n) is 4.69. The highest BCUT2D eigenvalue weighted by molar-refractivity contribution is 6.01. The summed E-state index contributed by atoms with van der Waals surface area (Å²) in [5.41, 5.74) is 2.74. The average molecular weight is 420 g/mol. The summed E-state index contributed by atoms with van der Waals surface area (Å²) in [6.07, 6.45) is 7.00. The fourth-order valence-electron chi connectivity index (χ4n) is 2.98. The zero-order chi connectivity index (χ0) is 22.2. The maximum Gasteiger partial charge on any atom is 0.248 e. The summed E-state index contributed by atoms with van der Waals surface area (Å²) in [4.78, 5) is 16.5. The number of methoxy groups -OCH3 is 1. The Morgan fingerprint density at radius 3 is 2.58 bits per heavy atom. The predicted octanol–water partition coefficient (Wildman–Crippen LogP) is 4.94.